The smallest absolute Gasteiger partial charge is 0.408 e. The van der Waals surface area contributed by atoms with E-state index >= 15 is 0 Å². The molecule has 1 aliphatic heterocycles. The first-order valence-electron chi connectivity index (χ1n) is 8.39. The molecule has 2 rings (SSSR count). The molecule has 1 unspecified atom stereocenters. The summed E-state index contributed by atoms with van der Waals surface area (Å²) >= 11 is 0. The van der Waals surface area contributed by atoms with E-state index in [1.807, 2.05) is 44.2 Å². The van der Waals surface area contributed by atoms with Gasteiger partial charge in [-0.2, -0.15) is 0 Å². The number of aliphatic hydroxyl groups is 1. The first kappa shape index (κ1) is 18.3. The number of alkyl carbamates (subject to hydrolysis) is 1. The van der Waals surface area contributed by atoms with Crippen molar-refractivity contribution in [3.05, 3.63) is 35.9 Å². The zero-order valence-corrected chi connectivity index (χ0v) is 14.3. The van der Waals surface area contributed by atoms with Gasteiger partial charge in [0.2, 0.25) is 5.91 Å². The van der Waals surface area contributed by atoms with Gasteiger partial charge in [0.25, 0.3) is 0 Å². The number of amides is 2. The molecule has 1 saturated heterocycles. The van der Waals surface area contributed by atoms with Crippen molar-refractivity contribution in [3.8, 4) is 0 Å². The highest BCUT2D eigenvalue weighted by Crippen LogP contribution is 2.14. The Bertz CT molecular complexity index is 547. The van der Waals surface area contributed by atoms with Gasteiger partial charge in [0, 0.05) is 13.1 Å². The number of ether oxygens (including phenoxy) is 1. The normalized spacial score (nSPS) is 18.5. The molecule has 132 valence electrons. The van der Waals surface area contributed by atoms with E-state index in [0.29, 0.717) is 25.9 Å². The summed E-state index contributed by atoms with van der Waals surface area (Å²) in [5, 5.41) is 12.3. The van der Waals surface area contributed by atoms with Crippen LogP contribution in [0.25, 0.3) is 0 Å². The molecular weight excluding hydrogens is 308 g/mol. The number of β-amino-alcohol motifs (C(OH)–C–C–N with tert-alkyl or cyclic N) is 1. The molecule has 0 aromatic heterocycles. The number of hydrogen-bond acceptors (Lipinski definition) is 4. The minimum atomic E-state index is -0.626. The van der Waals surface area contributed by atoms with Gasteiger partial charge in [-0.1, -0.05) is 44.2 Å². The summed E-state index contributed by atoms with van der Waals surface area (Å²) in [6.45, 7) is 5.01. The Morgan fingerprint density at radius 3 is 2.62 bits per heavy atom. The summed E-state index contributed by atoms with van der Waals surface area (Å²) in [7, 11) is 0. The molecule has 6 heteroatoms. The maximum absolute atomic E-state index is 12.6. The number of carbonyl (C=O) groups excluding carboxylic acids is 2. The number of hydrogen-bond donors (Lipinski definition) is 2. The van der Waals surface area contributed by atoms with Crippen LogP contribution in [0.4, 0.5) is 4.79 Å². The van der Waals surface area contributed by atoms with E-state index in [-0.39, 0.29) is 18.4 Å². The predicted octanol–water partition coefficient (Wildman–Crippen LogP) is 1.92. The summed E-state index contributed by atoms with van der Waals surface area (Å²) in [5.41, 5.74) is 0.891. The molecule has 0 spiro atoms. The van der Waals surface area contributed by atoms with E-state index < -0.39 is 18.2 Å². The number of nitrogens with zero attached hydrogens (tertiary/aromatic N) is 1. The minimum absolute atomic E-state index is 0.156. The number of aliphatic hydroxyl groups excluding tert-OH is 1. The molecule has 24 heavy (non-hydrogen) atoms. The Kier molecular flexibility index (Phi) is 6.61. The van der Waals surface area contributed by atoms with Crippen LogP contribution >= 0.6 is 0 Å². The maximum atomic E-state index is 12.6. The van der Waals surface area contributed by atoms with Crippen LogP contribution in [-0.2, 0) is 16.1 Å². The molecular formula is C18H26N2O4. The van der Waals surface area contributed by atoms with Gasteiger partial charge in [0.05, 0.1) is 6.10 Å². The molecule has 0 aliphatic carbocycles. The lowest BCUT2D eigenvalue weighted by Crippen LogP contribution is -2.48. The fourth-order valence-electron chi connectivity index (χ4n) is 2.76. The quantitative estimate of drug-likeness (QED) is 0.833. The summed E-state index contributed by atoms with van der Waals surface area (Å²) in [6, 6.07) is 8.76. The monoisotopic (exact) mass is 334 g/mol. The largest absolute Gasteiger partial charge is 0.445 e. The lowest BCUT2D eigenvalue weighted by Gasteiger charge is -2.25. The molecule has 6 nitrogen and oxygen atoms in total. The van der Waals surface area contributed by atoms with Crippen molar-refractivity contribution < 1.29 is 19.4 Å². The third-order valence-corrected chi connectivity index (χ3v) is 3.99. The number of benzene rings is 1. The van der Waals surface area contributed by atoms with Gasteiger partial charge in [-0.05, 0) is 24.3 Å². The van der Waals surface area contributed by atoms with E-state index in [2.05, 4.69) is 5.32 Å². The van der Waals surface area contributed by atoms with Crippen molar-refractivity contribution in [3.63, 3.8) is 0 Å². The highest BCUT2D eigenvalue weighted by Gasteiger charge is 2.31. The van der Waals surface area contributed by atoms with Gasteiger partial charge < -0.3 is 20.1 Å². The summed E-state index contributed by atoms with van der Waals surface area (Å²) in [4.78, 5) is 26.2. The molecule has 2 amide bonds. The molecule has 2 atom stereocenters. The lowest BCUT2D eigenvalue weighted by molar-refractivity contribution is -0.133. The molecule has 0 radical (unpaired) electrons. The Labute approximate surface area is 142 Å². The molecule has 1 aromatic carbocycles. The summed E-state index contributed by atoms with van der Waals surface area (Å²) in [5.74, 6) is 0.0952. The second-order valence-electron chi connectivity index (χ2n) is 6.61. The zero-order valence-electron chi connectivity index (χ0n) is 14.3. The molecule has 0 bridgehead atoms. The van der Waals surface area contributed by atoms with Crippen molar-refractivity contribution >= 4 is 12.0 Å². The van der Waals surface area contributed by atoms with Gasteiger partial charge in [0.1, 0.15) is 12.6 Å². The Morgan fingerprint density at radius 2 is 2.04 bits per heavy atom. The molecule has 1 aromatic rings. The summed E-state index contributed by atoms with van der Waals surface area (Å²) < 4.78 is 5.20. The first-order valence-corrected chi connectivity index (χ1v) is 8.39. The highest BCUT2D eigenvalue weighted by atomic mass is 16.5. The van der Waals surface area contributed by atoms with Gasteiger partial charge in [0.15, 0.2) is 0 Å². The Hall–Kier alpha value is -2.08. The fraction of sp³-hybridized carbons (Fsp3) is 0.556. The molecule has 1 aliphatic rings. The summed E-state index contributed by atoms with van der Waals surface area (Å²) in [6.07, 6.45) is 0.0426. The van der Waals surface area contributed by atoms with Gasteiger partial charge in [-0.15, -0.1) is 0 Å². The van der Waals surface area contributed by atoms with E-state index in [4.69, 9.17) is 4.74 Å². The lowest BCUT2D eigenvalue weighted by atomic mass is 10.0. The Morgan fingerprint density at radius 1 is 1.33 bits per heavy atom. The van der Waals surface area contributed by atoms with E-state index in [1.165, 1.54) is 0 Å². The molecule has 0 saturated carbocycles. The van der Waals surface area contributed by atoms with Crippen LogP contribution in [-0.4, -0.2) is 47.2 Å². The van der Waals surface area contributed by atoms with Crippen LogP contribution in [0.2, 0.25) is 0 Å². The van der Waals surface area contributed by atoms with Crippen molar-refractivity contribution in [1.82, 2.24) is 10.2 Å². The topological polar surface area (TPSA) is 78.9 Å². The second-order valence-corrected chi connectivity index (χ2v) is 6.61. The predicted molar refractivity (Wildman–Crippen MR) is 90.2 cm³/mol. The molecule has 1 heterocycles. The van der Waals surface area contributed by atoms with Crippen LogP contribution < -0.4 is 5.32 Å². The van der Waals surface area contributed by atoms with Crippen molar-refractivity contribution in [2.45, 2.75) is 45.4 Å². The first-order chi connectivity index (χ1) is 11.5. The zero-order chi connectivity index (χ0) is 17.5. The van der Waals surface area contributed by atoms with E-state index in [1.54, 1.807) is 4.90 Å². The number of nitrogens with one attached hydrogen (secondary N) is 1. The molecule has 2 N–H and O–H groups in total. The van der Waals surface area contributed by atoms with Gasteiger partial charge >= 0.3 is 6.09 Å². The van der Waals surface area contributed by atoms with E-state index in [0.717, 1.165) is 5.56 Å². The van der Waals surface area contributed by atoms with Crippen LogP contribution in [0.5, 0.6) is 0 Å². The van der Waals surface area contributed by atoms with E-state index in [9.17, 15) is 14.7 Å². The second kappa shape index (κ2) is 8.68. The average molecular weight is 334 g/mol. The van der Waals surface area contributed by atoms with Crippen LogP contribution in [0.15, 0.2) is 30.3 Å². The van der Waals surface area contributed by atoms with Crippen molar-refractivity contribution in [2.75, 3.05) is 13.1 Å². The highest BCUT2D eigenvalue weighted by molar-refractivity contribution is 5.86. The molecule has 1 fully saturated rings. The van der Waals surface area contributed by atoms with Crippen LogP contribution in [0.1, 0.15) is 32.3 Å². The standard InChI is InChI=1S/C18H26N2O4/c1-13(2)10-16(17(22)20-9-8-15(21)11-20)19-18(23)24-12-14-6-4-3-5-7-14/h3-7,13,15-16,21H,8-12H2,1-2H3,(H,19,23)/t15?,16-/m0/s1. The third kappa shape index (κ3) is 5.53. The Balaban J connectivity index is 1.90. The van der Waals surface area contributed by atoms with Crippen LogP contribution in [0.3, 0.4) is 0 Å². The van der Waals surface area contributed by atoms with Crippen molar-refractivity contribution in [1.29, 1.82) is 0 Å². The third-order valence-electron chi connectivity index (χ3n) is 3.99. The maximum Gasteiger partial charge on any atom is 0.408 e. The van der Waals surface area contributed by atoms with Gasteiger partial charge in [-0.3, -0.25) is 4.79 Å². The number of likely N-dealkylation sites (tertiary alicyclic amines) is 1. The van der Waals surface area contributed by atoms with Crippen LogP contribution in [0, 0.1) is 5.92 Å². The average Bonchev–Trinajstić information content (AvgIpc) is 2.98. The van der Waals surface area contributed by atoms with Gasteiger partial charge in [-0.25, -0.2) is 4.79 Å². The number of rotatable bonds is 6. The fourth-order valence-corrected chi connectivity index (χ4v) is 2.76. The van der Waals surface area contributed by atoms with Crippen molar-refractivity contribution in [2.24, 2.45) is 5.92 Å². The minimum Gasteiger partial charge on any atom is -0.445 e. The number of carbonyl (C=O) groups is 2. The SMILES string of the molecule is CC(C)C[C@H](NC(=O)OCc1ccccc1)C(=O)N1CCC(O)C1.